The molecule has 0 aromatic carbocycles. The Labute approximate surface area is 164 Å². The fraction of sp³-hybridized carbons (Fsp3) is 0.476. The molecule has 3 aromatic rings. The summed E-state index contributed by atoms with van der Waals surface area (Å²) < 4.78 is 3.90. The Hall–Kier alpha value is -2.67. The molecule has 2 bridgehead atoms. The molecule has 1 unspecified atom stereocenters. The standard InChI is InChI=1S/C21H26N6O/c1-25-10-4-7-18(25)20-24-23-19-9-8-14(13-27(19)20)21(28)22-15-11-16-5-3-6-17(12-15)26(16)2/h4,7-10,13,15-17H,3,5-6,11-12H2,1-2H3,(H,22,28)/t15?,16-,17+. The van der Waals surface area contributed by atoms with Gasteiger partial charge in [-0.3, -0.25) is 9.20 Å². The van der Waals surface area contributed by atoms with Crippen LogP contribution in [0.15, 0.2) is 36.7 Å². The molecule has 0 radical (unpaired) electrons. The van der Waals surface area contributed by atoms with Crippen molar-refractivity contribution in [1.29, 1.82) is 0 Å². The van der Waals surface area contributed by atoms with E-state index in [1.807, 2.05) is 52.7 Å². The number of amides is 1. The van der Waals surface area contributed by atoms with Crippen LogP contribution in [0.25, 0.3) is 17.2 Å². The minimum Gasteiger partial charge on any atom is -0.349 e. The van der Waals surface area contributed by atoms with E-state index in [0.29, 0.717) is 17.6 Å². The molecule has 146 valence electrons. The maximum Gasteiger partial charge on any atom is 0.253 e. The van der Waals surface area contributed by atoms with Gasteiger partial charge in [-0.25, -0.2) is 0 Å². The zero-order chi connectivity index (χ0) is 19.3. The minimum absolute atomic E-state index is 0.0129. The number of aromatic nitrogens is 4. The maximum atomic E-state index is 13.0. The van der Waals surface area contributed by atoms with Gasteiger partial charge in [-0.1, -0.05) is 6.42 Å². The van der Waals surface area contributed by atoms with Crippen LogP contribution in [0.4, 0.5) is 0 Å². The number of pyridine rings is 1. The zero-order valence-corrected chi connectivity index (χ0v) is 16.4. The number of carbonyl (C=O) groups excluding carboxylic acids is 1. The lowest BCUT2D eigenvalue weighted by atomic mass is 9.82. The average Bonchev–Trinajstić information content (AvgIpc) is 3.27. The van der Waals surface area contributed by atoms with Crippen LogP contribution in [0, 0.1) is 0 Å². The number of nitrogens with one attached hydrogen (secondary N) is 1. The van der Waals surface area contributed by atoms with Crippen molar-refractivity contribution in [1.82, 2.24) is 29.4 Å². The van der Waals surface area contributed by atoms with Crippen molar-refractivity contribution >= 4 is 11.6 Å². The first-order valence-electron chi connectivity index (χ1n) is 10.1. The van der Waals surface area contributed by atoms with E-state index in [1.54, 1.807) is 0 Å². The van der Waals surface area contributed by atoms with Crippen molar-refractivity contribution < 1.29 is 4.79 Å². The molecule has 2 fully saturated rings. The number of rotatable bonds is 3. The third-order valence-electron chi connectivity index (χ3n) is 6.51. The van der Waals surface area contributed by atoms with Crippen LogP contribution in [0.2, 0.25) is 0 Å². The lowest BCUT2D eigenvalue weighted by Gasteiger charge is -2.47. The predicted molar refractivity (Wildman–Crippen MR) is 107 cm³/mol. The summed E-state index contributed by atoms with van der Waals surface area (Å²) in [6, 6.07) is 9.12. The van der Waals surface area contributed by atoms with Crippen LogP contribution >= 0.6 is 0 Å². The van der Waals surface area contributed by atoms with Crippen molar-refractivity contribution in [2.75, 3.05) is 7.05 Å². The number of piperidine rings is 2. The van der Waals surface area contributed by atoms with Crippen LogP contribution in [0.1, 0.15) is 42.5 Å². The van der Waals surface area contributed by atoms with Crippen LogP contribution in [-0.4, -0.2) is 55.1 Å². The molecule has 3 aromatic heterocycles. The summed E-state index contributed by atoms with van der Waals surface area (Å²) in [7, 11) is 4.21. The first-order valence-corrected chi connectivity index (χ1v) is 10.1. The average molecular weight is 378 g/mol. The molecule has 2 aliphatic heterocycles. The van der Waals surface area contributed by atoms with Gasteiger partial charge in [0.05, 0.1) is 11.3 Å². The molecular formula is C21H26N6O. The Morgan fingerprint density at radius 1 is 1.11 bits per heavy atom. The Kier molecular flexibility index (Phi) is 4.19. The SMILES string of the molecule is CN1[C@@H]2CCC[C@H]1CC(NC(=O)c1ccc3nnc(-c4cccn4C)n3c1)C2. The van der Waals surface area contributed by atoms with Gasteiger partial charge in [0.2, 0.25) is 0 Å². The Balaban J connectivity index is 1.39. The summed E-state index contributed by atoms with van der Waals surface area (Å²) in [6.45, 7) is 0. The topological polar surface area (TPSA) is 67.5 Å². The van der Waals surface area contributed by atoms with Gasteiger partial charge in [0.25, 0.3) is 5.91 Å². The van der Waals surface area contributed by atoms with Gasteiger partial charge in [-0.15, -0.1) is 10.2 Å². The van der Waals surface area contributed by atoms with E-state index in [1.165, 1.54) is 19.3 Å². The normalized spacial score (nSPS) is 25.1. The second-order valence-electron chi connectivity index (χ2n) is 8.22. The van der Waals surface area contributed by atoms with Crippen molar-refractivity contribution in [3.05, 3.63) is 42.2 Å². The molecule has 2 saturated heterocycles. The Morgan fingerprint density at radius 2 is 1.89 bits per heavy atom. The lowest BCUT2D eigenvalue weighted by Crippen LogP contribution is -2.55. The van der Waals surface area contributed by atoms with Gasteiger partial charge in [0.1, 0.15) is 0 Å². The molecule has 3 atom stereocenters. The van der Waals surface area contributed by atoms with E-state index < -0.39 is 0 Å². The first kappa shape index (κ1) is 17.4. The van der Waals surface area contributed by atoms with Gasteiger partial charge < -0.3 is 14.8 Å². The molecule has 7 nitrogen and oxygen atoms in total. The number of hydrogen-bond acceptors (Lipinski definition) is 4. The highest BCUT2D eigenvalue weighted by molar-refractivity contribution is 5.94. The molecule has 7 heteroatoms. The second-order valence-corrected chi connectivity index (χ2v) is 8.22. The fourth-order valence-electron chi connectivity index (χ4n) is 4.90. The molecular weight excluding hydrogens is 352 g/mol. The lowest BCUT2D eigenvalue weighted by molar-refractivity contribution is 0.0463. The highest BCUT2D eigenvalue weighted by Crippen LogP contribution is 2.32. The van der Waals surface area contributed by atoms with E-state index >= 15 is 0 Å². The van der Waals surface area contributed by atoms with Gasteiger partial charge in [-0.2, -0.15) is 0 Å². The summed E-state index contributed by atoms with van der Waals surface area (Å²) in [5.41, 5.74) is 2.35. The van der Waals surface area contributed by atoms with Gasteiger partial charge in [-0.05, 0) is 57.0 Å². The number of hydrogen-bond donors (Lipinski definition) is 1. The summed E-state index contributed by atoms with van der Waals surface area (Å²) in [6.07, 6.45) is 9.71. The summed E-state index contributed by atoms with van der Waals surface area (Å²) >= 11 is 0. The highest BCUT2D eigenvalue weighted by Gasteiger charge is 2.36. The Bertz CT molecular complexity index is 1010. The summed E-state index contributed by atoms with van der Waals surface area (Å²) in [5, 5.41) is 11.8. The molecule has 2 aliphatic rings. The van der Waals surface area contributed by atoms with E-state index in [0.717, 1.165) is 30.0 Å². The predicted octanol–water partition coefficient (Wildman–Crippen LogP) is 2.48. The highest BCUT2D eigenvalue weighted by atomic mass is 16.1. The van der Waals surface area contributed by atoms with Crippen molar-refractivity contribution in [3.8, 4) is 11.5 Å². The van der Waals surface area contributed by atoms with E-state index in [2.05, 4.69) is 27.5 Å². The van der Waals surface area contributed by atoms with E-state index in [9.17, 15) is 4.79 Å². The number of fused-ring (bicyclic) bond motifs is 3. The minimum atomic E-state index is -0.0129. The summed E-state index contributed by atoms with van der Waals surface area (Å²) in [5.74, 6) is 0.729. The van der Waals surface area contributed by atoms with Crippen LogP contribution < -0.4 is 5.32 Å². The van der Waals surface area contributed by atoms with Gasteiger partial charge in [0.15, 0.2) is 11.5 Å². The Morgan fingerprint density at radius 3 is 2.61 bits per heavy atom. The maximum absolute atomic E-state index is 13.0. The molecule has 0 aliphatic carbocycles. The van der Waals surface area contributed by atoms with Crippen molar-refractivity contribution in [2.45, 2.75) is 50.2 Å². The molecule has 1 N–H and O–H groups in total. The number of carbonyl (C=O) groups is 1. The molecule has 5 heterocycles. The third-order valence-corrected chi connectivity index (χ3v) is 6.51. The molecule has 28 heavy (non-hydrogen) atoms. The second kappa shape index (κ2) is 6.74. The monoisotopic (exact) mass is 378 g/mol. The smallest absolute Gasteiger partial charge is 0.253 e. The van der Waals surface area contributed by atoms with Crippen LogP contribution in [-0.2, 0) is 7.05 Å². The number of nitrogens with zero attached hydrogens (tertiary/aromatic N) is 5. The molecule has 1 amide bonds. The summed E-state index contributed by atoms with van der Waals surface area (Å²) in [4.78, 5) is 15.5. The zero-order valence-electron chi connectivity index (χ0n) is 16.4. The molecule has 0 spiro atoms. The van der Waals surface area contributed by atoms with Gasteiger partial charge >= 0.3 is 0 Å². The largest absolute Gasteiger partial charge is 0.349 e. The van der Waals surface area contributed by atoms with Gasteiger partial charge in [0, 0.05) is 37.6 Å². The molecule has 0 saturated carbocycles. The third kappa shape index (κ3) is 2.90. The van der Waals surface area contributed by atoms with Crippen molar-refractivity contribution in [2.24, 2.45) is 7.05 Å². The fourth-order valence-corrected chi connectivity index (χ4v) is 4.90. The molecule has 5 rings (SSSR count). The van der Waals surface area contributed by atoms with E-state index in [-0.39, 0.29) is 11.9 Å². The van der Waals surface area contributed by atoms with Crippen LogP contribution in [0.5, 0.6) is 0 Å². The van der Waals surface area contributed by atoms with Crippen molar-refractivity contribution in [3.63, 3.8) is 0 Å². The van der Waals surface area contributed by atoms with E-state index in [4.69, 9.17) is 0 Å². The quantitative estimate of drug-likeness (QED) is 0.760. The van der Waals surface area contributed by atoms with Crippen LogP contribution in [0.3, 0.4) is 0 Å². The first-order chi connectivity index (χ1) is 13.6. The number of aryl methyl sites for hydroxylation is 1.